The molecule has 0 aliphatic carbocycles. The van der Waals surface area contributed by atoms with Crippen LogP contribution in [0.15, 0.2) is 84.9 Å². The minimum absolute atomic E-state index is 0.631. The molecule has 1 heterocycles. The highest BCUT2D eigenvalue weighted by Gasteiger charge is 2.45. The van der Waals surface area contributed by atoms with E-state index in [1.54, 1.807) is 0 Å². The fourth-order valence-electron chi connectivity index (χ4n) is 3.34. The first kappa shape index (κ1) is 20.0. The van der Waals surface area contributed by atoms with Gasteiger partial charge in [0, 0.05) is 17.2 Å². The smallest absolute Gasteiger partial charge is 0.338 e. The van der Waals surface area contributed by atoms with Crippen LogP contribution in [-0.2, 0) is 10.3 Å². The Balaban J connectivity index is 0.000000403. The Morgan fingerprint density at radius 2 is 1.14 bits per heavy atom. The van der Waals surface area contributed by atoms with Crippen molar-refractivity contribution in [3.63, 3.8) is 0 Å². The highest BCUT2D eigenvalue weighted by Crippen LogP contribution is 2.43. The van der Waals surface area contributed by atoms with Crippen molar-refractivity contribution in [1.29, 1.82) is 0 Å². The summed E-state index contributed by atoms with van der Waals surface area (Å²) < 4.78 is 40.5. The molecule has 0 fully saturated rings. The lowest BCUT2D eigenvalue weighted by molar-refractivity contribution is -2.00. The van der Waals surface area contributed by atoms with E-state index in [0.29, 0.717) is 0 Å². The lowest BCUT2D eigenvalue weighted by atomic mass is 9.79. The van der Waals surface area contributed by atoms with Crippen LogP contribution in [0.5, 0.6) is 0 Å². The van der Waals surface area contributed by atoms with Crippen molar-refractivity contribution in [2.45, 2.75) is 12.5 Å². The molecule has 0 amide bonds. The van der Waals surface area contributed by atoms with E-state index in [0.717, 1.165) is 28.3 Å². The summed E-state index contributed by atoms with van der Waals surface area (Å²) in [5, 5.41) is 0. The molecular weight excluding hydrogens is 382 g/mol. The van der Waals surface area contributed by atoms with Crippen LogP contribution >= 0.6 is 0 Å². The number of para-hydroxylation sites is 1. The number of benzene rings is 3. The third kappa shape index (κ3) is 4.39. The Labute approximate surface area is 164 Å². The maximum absolute atomic E-state index is 8.49. The van der Waals surface area contributed by atoms with Crippen molar-refractivity contribution in [1.82, 2.24) is 0 Å². The molecule has 1 aliphatic heterocycles. The molecule has 4 rings (SSSR count). The summed E-state index contributed by atoms with van der Waals surface area (Å²) in [6.07, 6.45) is 0. The molecule has 0 radical (unpaired) electrons. The molecule has 0 aromatic heterocycles. The number of hydrogen-bond donors (Lipinski definition) is 1. The molecule has 28 heavy (non-hydrogen) atoms. The number of fused-ring (bicyclic) bond motifs is 1. The first-order chi connectivity index (χ1) is 13.3. The third-order valence-electron chi connectivity index (χ3n) is 4.28. The summed E-state index contributed by atoms with van der Waals surface area (Å²) in [7, 11) is -4.94. The van der Waals surface area contributed by atoms with Gasteiger partial charge in [0.05, 0.1) is 12.5 Å². The Bertz CT molecular complexity index is 910. The quantitative estimate of drug-likeness (QED) is 0.556. The van der Waals surface area contributed by atoms with Crippen LogP contribution in [-0.4, -0.2) is 5.90 Å². The average Bonchev–Trinajstić information content (AvgIpc) is 2.67. The fraction of sp³-hybridized carbons (Fsp3) is 0.0952. The number of ether oxygens (including phenoxy) is 1. The van der Waals surface area contributed by atoms with Gasteiger partial charge in [-0.1, -0.05) is 72.8 Å². The molecule has 3 aromatic carbocycles. The zero-order valence-corrected chi connectivity index (χ0v) is 15.8. The van der Waals surface area contributed by atoms with Gasteiger partial charge in [0.15, 0.2) is 5.60 Å². The lowest BCUT2D eigenvalue weighted by Crippen LogP contribution is -2.71. The molecule has 0 saturated heterocycles. The van der Waals surface area contributed by atoms with Crippen molar-refractivity contribution in [2.24, 2.45) is 0 Å². The summed E-state index contributed by atoms with van der Waals surface area (Å²) in [6, 6.07) is 29.2. The second-order valence-corrected chi connectivity index (χ2v) is 6.88. The summed E-state index contributed by atoms with van der Waals surface area (Å²) in [5.41, 5.74) is 3.83. The van der Waals surface area contributed by atoms with Crippen molar-refractivity contribution in [2.75, 3.05) is 0 Å². The molecule has 0 atom stereocenters. The van der Waals surface area contributed by atoms with Gasteiger partial charge in [-0.05, 0) is 6.07 Å². The van der Waals surface area contributed by atoms with E-state index < -0.39 is 15.8 Å². The van der Waals surface area contributed by atoms with Crippen molar-refractivity contribution in [3.05, 3.63) is 102 Å². The third-order valence-corrected chi connectivity index (χ3v) is 4.28. The van der Waals surface area contributed by atoms with Crippen LogP contribution in [0.4, 0.5) is 5.69 Å². The molecule has 0 spiro atoms. The van der Waals surface area contributed by atoms with Crippen molar-refractivity contribution >= 4 is 11.6 Å². The largest absolute Gasteiger partial charge is 0.426 e. The monoisotopic (exact) mass is 399 g/mol. The molecule has 6 nitrogen and oxygen atoms in total. The van der Waals surface area contributed by atoms with Crippen LogP contribution in [0, 0.1) is 10.2 Å². The number of rotatable bonds is 2. The van der Waals surface area contributed by atoms with Gasteiger partial charge < -0.3 is 4.74 Å². The van der Waals surface area contributed by atoms with E-state index in [4.69, 9.17) is 23.4 Å². The van der Waals surface area contributed by atoms with E-state index >= 15 is 0 Å². The zero-order chi connectivity index (χ0) is 20.2. The maximum atomic E-state index is 8.49. The van der Waals surface area contributed by atoms with Gasteiger partial charge >= 0.3 is 5.90 Å². The summed E-state index contributed by atoms with van der Waals surface area (Å²) in [5.74, 6) is 0.802. The average molecular weight is 400 g/mol. The van der Waals surface area contributed by atoms with Crippen molar-refractivity contribution < 1.29 is 38.6 Å². The topological polar surface area (TPSA) is 115 Å². The molecule has 3 aromatic rings. The highest BCUT2D eigenvalue weighted by atomic mass is 35.7. The Morgan fingerprint density at radius 3 is 1.64 bits per heavy atom. The van der Waals surface area contributed by atoms with Gasteiger partial charge in [-0.15, -0.1) is 10.2 Å². The minimum Gasteiger partial charge on any atom is -0.426 e. The molecular formula is C21H18ClNO5. The van der Waals surface area contributed by atoms with E-state index in [2.05, 4.69) is 71.7 Å². The standard InChI is InChI=1S/C21H17NO.ClHO4/c1-16-22-20-15-9-8-14-19(20)21(23-16,17-10-4-2-5-11-17)18-12-6-3-7-13-18;2-1(3,4)5/h2-15H,1H3;(H,2,3,4,5). The van der Waals surface area contributed by atoms with E-state index in [-0.39, 0.29) is 0 Å². The van der Waals surface area contributed by atoms with Gasteiger partial charge in [0.1, 0.15) is 0 Å². The fourth-order valence-corrected chi connectivity index (χ4v) is 3.34. The normalized spacial score (nSPS) is 14.7. The predicted octanol–water partition coefficient (Wildman–Crippen LogP) is -1.62. The number of halogens is 1. The van der Waals surface area contributed by atoms with Gasteiger partial charge in [0.25, 0.3) is 0 Å². The highest BCUT2D eigenvalue weighted by molar-refractivity contribution is 5.74. The molecule has 7 heteroatoms. The summed E-state index contributed by atoms with van der Waals surface area (Å²) >= 11 is 0. The van der Waals surface area contributed by atoms with Gasteiger partial charge in [-0.2, -0.15) is 4.99 Å². The summed E-state index contributed by atoms with van der Waals surface area (Å²) in [4.78, 5) is 3.35. The molecule has 144 valence electrons. The molecule has 0 bridgehead atoms. The van der Waals surface area contributed by atoms with E-state index in [1.807, 2.05) is 25.1 Å². The molecule has 1 N–H and O–H groups in total. The van der Waals surface area contributed by atoms with Crippen LogP contribution in [0.25, 0.3) is 0 Å². The first-order valence-corrected chi connectivity index (χ1v) is 9.66. The Kier molecular flexibility index (Phi) is 5.79. The minimum atomic E-state index is -4.94. The second kappa shape index (κ2) is 8.10. The van der Waals surface area contributed by atoms with Crippen LogP contribution in [0.2, 0.25) is 0 Å². The van der Waals surface area contributed by atoms with Gasteiger partial charge in [-0.25, -0.2) is 18.6 Å². The maximum Gasteiger partial charge on any atom is 0.338 e. The first-order valence-electron chi connectivity index (χ1n) is 8.42. The number of nitrogens with one attached hydrogen (secondary N) is 1. The van der Waals surface area contributed by atoms with Gasteiger partial charge in [0.2, 0.25) is 5.69 Å². The zero-order valence-electron chi connectivity index (χ0n) is 15.0. The number of hydrogen-bond acceptors (Lipinski definition) is 5. The SMILES string of the molecule is CC1=[NH+]c2ccccc2C(c2ccccc2)(c2ccccc2)O1.[O-][Cl+3]([O-])([O-])[O-]. The molecule has 0 saturated carbocycles. The van der Waals surface area contributed by atoms with Crippen LogP contribution in [0.1, 0.15) is 23.6 Å². The Hall–Kier alpha value is -2.74. The lowest BCUT2D eigenvalue weighted by Gasteiger charge is -2.36. The van der Waals surface area contributed by atoms with E-state index in [9.17, 15) is 0 Å². The van der Waals surface area contributed by atoms with Gasteiger partial charge in [-0.3, -0.25) is 0 Å². The predicted molar refractivity (Wildman–Crippen MR) is 91.6 cm³/mol. The van der Waals surface area contributed by atoms with E-state index in [1.165, 1.54) is 0 Å². The molecule has 1 aliphatic rings. The van der Waals surface area contributed by atoms with Crippen LogP contribution < -0.4 is 23.6 Å². The van der Waals surface area contributed by atoms with Crippen molar-refractivity contribution in [3.8, 4) is 0 Å². The molecule has 0 unspecified atom stereocenters. The summed E-state index contributed by atoms with van der Waals surface area (Å²) in [6.45, 7) is 1.97. The second-order valence-electron chi connectivity index (χ2n) is 6.12. The Morgan fingerprint density at radius 1 is 0.714 bits per heavy atom. The van der Waals surface area contributed by atoms with Crippen LogP contribution in [0.3, 0.4) is 0 Å².